The maximum atomic E-state index is 13.1. The molecular formula is C11H12FN3O4S. The van der Waals surface area contributed by atoms with Crippen LogP contribution < -0.4 is 9.88 Å². The number of rotatable bonds is 5. The van der Waals surface area contributed by atoms with Crippen molar-refractivity contribution in [3.8, 4) is 5.75 Å². The molecule has 0 fully saturated rings. The number of primary sulfonamides is 1. The molecule has 0 saturated carbocycles. The highest BCUT2D eigenvalue weighted by molar-refractivity contribution is 7.89. The molecule has 2 N–H and O–H groups in total. The quantitative estimate of drug-likeness (QED) is 0.882. The molecule has 108 valence electrons. The van der Waals surface area contributed by atoms with Gasteiger partial charge in [0, 0.05) is 6.42 Å². The molecule has 9 heteroatoms. The Bertz CT molecular complexity index is 714. The molecule has 0 aliphatic carbocycles. The van der Waals surface area contributed by atoms with E-state index >= 15 is 0 Å². The summed E-state index contributed by atoms with van der Waals surface area (Å²) >= 11 is 0. The van der Waals surface area contributed by atoms with Crippen molar-refractivity contribution in [1.29, 1.82) is 0 Å². The van der Waals surface area contributed by atoms with Crippen molar-refractivity contribution < 1.29 is 22.1 Å². The first kappa shape index (κ1) is 14.4. The number of hydrogen-bond acceptors (Lipinski definition) is 6. The zero-order valence-electron chi connectivity index (χ0n) is 10.5. The Hall–Kier alpha value is -2.00. The van der Waals surface area contributed by atoms with Crippen LogP contribution >= 0.6 is 0 Å². The Morgan fingerprint density at radius 1 is 1.45 bits per heavy atom. The third-order valence-electron chi connectivity index (χ3n) is 2.38. The molecule has 0 aliphatic heterocycles. The minimum Gasteiger partial charge on any atom is -0.484 e. The van der Waals surface area contributed by atoms with E-state index in [1.165, 1.54) is 6.07 Å². The number of benzene rings is 1. The van der Waals surface area contributed by atoms with Crippen molar-refractivity contribution in [2.45, 2.75) is 24.8 Å². The lowest BCUT2D eigenvalue weighted by Gasteiger charge is -2.08. The van der Waals surface area contributed by atoms with Crippen molar-refractivity contribution in [1.82, 2.24) is 10.1 Å². The van der Waals surface area contributed by atoms with Crippen LogP contribution in [0.15, 0.2) is 27.6 Å². The SMILES string of the molecule is CCc1nc(COc2ccc(F)cc2S(N)(=O)=O)no1. The van der Waals surface area contributed by atoms with E-state index in [4.69, 9.17) is 14.4 Å². The van der Waals surface area contributed by atoms with Crippen molar-refractivity contribution in [2.75, 3.05) is 0 Å². The van der Waals surface area contributed by atoms with Gasteiger partial charge in [0.25, 0.3) is 0 Å². The largest absolute Gasteiger partial charge is 0.484 e. The lowest BCUT2D eigenvalue weighted by atomic mass is 10.3. The van der Waals surface area contributed by atoms with Crippen LogP contribution in [0.1, 0.15) is 18.6 Å². The van der Waals surface area contributed by atoms with Gasteiger partial charge in [-0.05, 0) is 18.2 Å². The van der Waals surface area contributed by atoms with Crippen LogP contribution in [0.2, 0.25) is 0 Å². The predicted molar refractivity (Wildman–Crippen MR) is 65.8 cm³/mol. The van der Waals surface area contributed by atoms with E-state index in [1.807, 2.05) is 6.92 Å². The van der Waals surface area contributed by atoms with E-state index in [-0.39, 0.29) is 18.2 Å². The number of hydrogen-bond donors (Lipinski definition) is 1. The van der Waals surface area contributed by atoms with Gasteiger partial charge in [0.2, 0.25) is 21.7 Å². The summed E-state index contributed by atoms with van der Waals surface area (Å²) in [5.41, 5.74) is 0. The first-order valence-electron chi connectivity index (χ1n) is 5.66. The van der Waals surface area contributed by atoms with E-state index in [0.717, 1.165) is 12.1 Å². The van der Waals surface area contributed by atoms with Crippen LogP contribution in [0, 0.1) is 5.82 Å². The normalized spacial score (nSPS) is 11.6. The molecule has 2 aromatic rings. The first-order valence-corrected chi connectivity index (χ1v) is 7.21. The molecule has 1 heterocycles. The smallest absolute Gasteiger partial charge is 0.241 e. The average molecular weight is 301 g/mol. The molecule has 1 aromatic carbocycles. The molecule has 1 aromatic heterocycles. The number of sulfonamides is 1. The van der Waals surface area contributed by atoms with E-state index in [2.05, 4.69) is 10.1 Å². The molecule has 0 spiro atoms. The van der Waals surface area contributed by atoms with Gasteiger partial charge in [-0.25, -0.2) is 17.9 Å². The summed E-state index contributed by atoms with van der Waals surface area (Å²) in [6.45, 7) is 1.73. The zero-order valence-corrected chi connectivity index (χ0v) is 11.4. The molecule has 2 rings (SSSR count). The molecule has 0 radical (unpaired) electrons. The second-order valence-corrected chi connectivity index (χ2v) is 5.41. The summed E-state index contributed by atoms with van der Waals surface area (Å²) in [6, 6.07) is 3.03. The Morgan fingerprint density at radius 2 is 2.20 bits per heavy atom. The molecular weight excluding hydrogens is 289 g/mol. The maximum Gasteiger partial charge on any atom is 0.241 e. The number of nitrogens with two attached hydrogens (primary N) is 1. The van der Waals surface area contributed by atoms with Crippen molar-refractivity contribution in [3.63, 3.8) is 0 Å². The fraction of sp³-hybridized carbons (Fsp3) is 0.273. The Balaban J connectivity index is 2.21. The van der Waals surface area contributed by atoms with Crippen molar-refractivity contribution in [2.24, 2.45) is 5.14 Å². The number of halogens is 1. The molecule has 0 atom stereocenters. The van der Waals surface area contributed by atoms with Gasteiger partial charge in [-0.2, -0.15) is 4.98 Å². The molecule has 0 aliphatic rings. The first-order chi connectivity index (χ1) is 9.40. The molecule has 7 nitrogen and oxygen atoms in total. The summed E-state index contributed by atoms with van der Waals surface area (Å²) in [7, 11) is -4.09. The van der Waals surface area contributed by atoms with Crippen molar-refractivity contribution in [3.05, 3.63) is 35.7 Å². The zero-order chi connectivity index (χ0) is 14.8. The summed E-state index contributed by atoms with van der Waals surface area (Å²) in [5.74, 6) is -0.105. The van der Waals surface area contributed by atoms with Gasteiger partial charge < -0.3 is 9.26 Å². The van der Waals surface area contributed by atoms with Crippen LogP contribution in [0.4, 0.5) is 4.39 Å². The Kier molecular flexibility index (Phi) is 4.00. The number of aryl methyl sites for hydroxylation is 1. The Labute approximate surface area is 114 Å². The van der Waals surface area contributed by atoms with Gasteiger partial charge in [0.1, 0.15) is 16.5 Å². The minimum absolute atomic E-state index is 0.0725. The van der Waals surface area contributed by atoms with Gasteiger partial charge in [0.15, 0.2) is 6.61 Å². The molecule has 0 saturated heterocycles. The van der Waals surface area contributed by atoms with Crippen LogP contribution in [-0.2, 0) is 23.1 Å². The van der Waals surface area contributed by atoms with Crippen LogP contribution in [0.25, 0.3) is 0 Å². The summed E-state index contributed by atoms with van der Waals surface area (Å²) in [6.07, 6.45) is 0.575. The van der Waals surface area contributed by atoms with Gasteiger partial charge >= 0.3 is 0 Å². The second kappa shape index (κ2) is 5.55. The van der Waals surface area contributed by atoms with Crippen LogP contribution in [0.5, 0.6) is 5.75 Å². The summed E-state index contributed by atoms with van der Waals surface area (Å²) in [5, 5.41) is 8.64. The minimum atomic E-state index is -4.09. The number of aromatic nitrogens is 2. The lowest BCUT2D eigenvalue weighted by Crippen LogP contribution is -2.14. The topological polar surface area (TPSA) is 108 Å². The highest BCUT2D eigenvalue weighted by Gasteiger charge is 2.17. The molecule has 0 amide bonds. The average Bonchev–Trinajstić information content (AvgIpc) is 2.84. The molecule has 0 unspecified atom stereocenters. The van der Waals surface area contributed by atoms with Crippen LogP contribution in [-0.4, -0.2) is 18.6 Å². The van der Waals surface area contributed by atoms with Gasteiger partial charge in [0.05, 0.1) is 0 Å². The number of nitrogens with zero attached hydrogens (tertiary/aromatic N) is 2. The van der Waals surface area contributed by atoms with E-state index < -0.39 is 20.7 Å². The monoisotopic (exact) mass is 301 g/mol. The molecule has 20 heavy (non-hydrogen) atoms. The van der Waals surface area contributed by atoms with Gasteiger partial charge in [-0.15, -0.1) is 0 Å². The van der Waals surface area contributed by atoms with E-state index in [0.29, 0.717) is 12.3 Å². The lowest BCUT2D eigenvalue weighted by molar-refractivity contribution is 0.278. The molecule has 0 bridgehead atoms. The van der Waals surface area contributed by atoms with Gasteiger partial charge in [-0.3, -0.25) is 0 Å². The highest BCUT2D eigenvalue weighted by Crippen LogP contribution is 2.24. The third kappa shape index (κ3) is 3.31. The summed E-state index contributed by atoms with van der Waals surface area (Å²) < 4.78 is 45.9. The van der Waals surface area contributed by atoms with Gasteiger partial charge in [-0.1, -0.05) is 12.1 Å². The van der Waals surface area contributed by atoms with Crippen LogP contribution in [0.3, 0.4) is 0 Å². The Morgan fingerprint density at radius 3 is 2.80 bits per heavy atom. The fourth-order valence-electron chi connectivity index (χ4n) is 1.46. The highest BCUT2D eigenvalue weighted by atomic mass is 32.2. The van der Waals surface area contributed by atoms with E-state index in [1.54, 1.807) is 0 Å². The number of ether oxygens (including phenoxy) is 1. The fourth-order valence-corrected chi connectivity index (χ4v) is 2.14. The van der Waals surface area contributed by atoms with Crippen molar-refractivity contribution >= 4 is 10.0 Å². The summed E-state index contributed by atoms with van der Waals surface area (Å²) in [4.78, 5) is 3.56. The standard InChI is InChI=1S/C11H12FN3O4S/c1-2-11-14-10(15-19-11)6-18-8-4-3-7(12)5-9(8)20(13,16)17/h3-5H,2,6H2,1H3,(H2,13,16,17). The maximum absolute atomic E-state index is 13.1. The second-order valence-electron chi connectivity index (χ2n) is 3.88. The predicted octanol–water partition coefficient (Wildman–Crippen LogP) is 0.998. The third-order valence-corrected chi connectivity index (χ3v) is 3.31. The van der Waals surface area contributed by atoms with E-state index in [9.17, 15) is 12.8 Å².